The molecule has 9 nitrogen and oxygen atoms in total. The summed E-state index contributed by atoms with van der Waals surface area (Å²) in [4.78, 5) is 21.3. The second kappa shape index (κ2) is 12.3. The van der Waals surface area contributed by atoms with Gasteiger partial charge in [0, 0.05) is 81.2 Å². The number of piperazine rings is 1. The second-order valence-corrected chi connectivity index (χ2v) is 11.4. The number of hydrogen-bond acceptors (Lipinski definition) is 8. The molecule has 2 fully saturated rings. The van der Waals surface area contributed by atoms with E-state index >= 15 is 0 Å². The van der Waals surface area contributed by atoms with E-state index in [0.29, 0.717) is 12.5 Å². The van der Waals surface area contributed by atoms with Crippen LogP contribution in [-0.2, 0) is 6.54 Å². The number of anilines is 2. The fraction of sp³-hybridized carbons (Fsp3) is 0.394. The molecule has 9 heteroatoms. The van der Waals surface area contributed by atoms with Gasteiger partial charge in [0.25, 0.3) is 0 Å². The van der Waals surface area contributed by atoms with Crippen molar-refractivity contribution in [1.29, 1.82) is 0 Å². The minimum Gasteiger partial charge on any atom is -0.371 e. The molecule has 0 unspecified atom stereocenters. The summed E-state index contributed by atoms with van der Waals surface area (Å²) >= 11 is 0. The van der Waals surface area contributed by atoms with Gasteiger partial charge in [0.05, 0.1) is 17.4 Å². The van der Waals surface area contributed by atoms with E-state index in [9.17, 15) is 0 Å². The first-order chi connectivity index (χ1) is 20.5. The molecule has 0 radical (unpaired) electrons. The lowest BCUT2D eigenvalue weighted by Gasteiger charge is -2.33. The van der Waals surface area contributed by atoms with Crippen molar-refractivity contribution in [3.63, 3.8) is 0 Å². The first kappa shape index (κ1) is 27.9. The number of allylic oxidation sites excluding steroid dienone is 1. The summed E-state index contributed by atoms with van der Waals surface area (Å²) < 4.78 is 1.93. The van der Waals surface area contributed by atoms with Gasteiger partial charge in [-0.1, -0.05) is 18.7 Å². The van der Waals surface area contributed by atoms with Crippen molar-refractivity contribution in [3.8, 4) is 0 Å². The quantitative estimate of drug-likeness (QED) is 0.317. The first-order valence-corrected chi connectivity index (χ1v) is 15.0. The van der Waals surface area contributed by atoms with Crippen molar-refractivity contribution in [1.82, 2.24) is 34.4 Å². The third-order valence-corrected chi connectivity index (χ3v) is 8.53. The van der Waals surface area contributed by atoms with E-state index in [0.717, 1.165) is 89.8 Å². The molecule has 0 spiro atoms. The van der Waals surface area contributed by atoms with E-state index in [1.807, 2.05) is 36.2 Å². The van der Waals surface area contributed by atoms with Gasteiger partial charge in [-0.2, -0.15) is 5.10 Å². The van der Waals surface area contributed by atoms with Gasteiger partial charge in [0.2, 0.25) is 5.95 Å². The van der Waals surface area contributed by atoms with E-state index in [1.54, 1.807) is 0 Å². The molecule has 2 aliphatic heterocycles. The van der Waals surface area contributed by atoms with Crippen LogP contribution >= 0.6 is 0 Å². The highest BCUT2D eigenvalue weighted by Gasteiger charge is 2.19. The molecule has 2 saturated heterocycles. The number of likely N-dealkylation sites (N-methyl/N-ethyl adjacent to an activating group) is 1. The summed E-state index contributed by atoms with van der Waals surface area (Å²) in [6.45, 7) is 15.4. The van der Waals surface area contributed by atoms with E-state index in [-0.39, 0.29) is 0 Å². The molecule has 1 N–H and O–H groups in total. The standard InChI is InChI=1S/C33H41N9/c1-5-28(27-11-14-42-31(19-27)30(23-37-42)25(3)40-12-7-6-8-13-40)29-22-36-33(38-24(29)2)35-21-26-9-10-32(34-20-26)41-17-15-39(4)16-18-41/h5,9-11,14,19-20,22-23H,3,6-8,12-13,15-18,21H2,1-2,4H3,(H,35,36,38)/b28-5-. The van der Waals surface area contributed by atoms with E-state index < -0.39 is 0 Å². The van der Waals surface area contributed by atoms with Crippen LogP contribution in [0.3, 0.4) is 0 Å². The lowest BCUT2D eigenvalue weighted by Crippen LogP contribution is -2.44. The number of fused-ring (bicyclic) bond motifs is 1. The summed E-state index contributed by atoms with van der Waals surface area (Å²) in [7, 11) is 2.17. The Hall–Kier alpha value is -4.24. The zero-order chi connectivity index (χ0) is 29.1. The molecule has 42 heavy (non-hydrogen) atoms. The number of rotatable bonds is 8. The van der Waals surface area contributed by atoms with Crippen molar-refractivity contribution in [3.05, 3.63) is 89.7 Å². The van der Waals surface area contributed by atoms with Gasteiger partial charge >= 0.3 is 0 Å². The van der Waals surface area contributed by atoms with Crippen molar-refractivity contribution in [2.75, 3.05) is 56.5 Å². The molecule has 0 aliphatic carbocycles. The normalized spacial score (nSPS) is 16.7. The largest absolute Gasteiger partial charge is 0.371 e. The molecule has 4 aromatic heterocycles. The molecule has 0 bridgehead atoms. The Morgan fingerprint density at radius 1 is 0.952 bits per heavy atom. The van der Waals surface area contributed by atoms with E-state index in [2.05, 4.69) is 81.0 Å². The number of pyridine rings is 2. The van der Waals surface area contributed by atoms with Crippen molar-refractivity contribution >= 4 is 28.6 Å². The maximum atomic E-state index is 4.81. The molecular formula is C33H41N9. The smallest absolute Gasteiger partial charge is 0.223 e. The summed E-state index contributed by atoms with van der Waals surface area (Å²) in [5.41, 5.74) is 8.46. The number of aromatic nitrogens is 5. The number of hydrogen-bond donors (Lipinski definition) is 1. The zero-order valence-electron chi connectivity index (χ0n) is 25.1. The Morgan fingerprint density at radius 2 is 1.76 bits per heavy atom. The topological polar surface area (TPSA) is 77.7 Å². The molecule has 0 amide bonds. The number of piperidine rings is 1. The SMILES string of the molecule is C=C(c1cnn2ccc(/C(=C/C)c3cnc(NCc4ccc(N5CCN(C)CC5)nc4)nc3C)cc12)N1CCCCC1. The van der Waals surface area contributed by atoms with Crippen LogP contribution in [-0.4, -0.2) is 80.7 Å². The average molecular weight is 564 g/mol. The van der Waals surface area contributed by atoms with Crippen LogP contribution in [0, 0.1) is 6.92 Å². The molecule has 0 atom stereocenters. The third kappa shape index (κ3) is 5.87. The Bertz CT molecular complexity index is 1570. The van der Waals surface area contributed by atoms with Gasteiger partial charge in [-0.3, -0.25) is 0 Å². The van der Waals surface area contributed by atoms with Crippen LogP contribution in [0.1, 0.15) is 54.1 Å². The van der Waals surface area contributed by atoms with Crippen molar-refractivity contribution < 1.29 is 0 Å². The fourth-order valence-corrected chi connectivity index (χ4v) is 5.92. The van der Waals surface area contributed by atoms with Gasteiger partial charge in [0.15, 0.2) is 0 Å². The predicted octanol–water partition coefficient (Wildman–Crippen LogP) is 5.10. The highest BCUT2D eigenvalue weighted by molar-refractivity contribution is 5.84. The first-order valence-electron chi connectivity index (χ1n) is 15.0. The summed E-state index contributed by atoms with van der Waals surface area (Å²) in [5.74, 6) is 1.65. The second-order valence-electron chi connectivity index (χ2n) is 11.4. The summed E-state index contributed by atoms with van der Waals surface area (Å²) in [6, 6.07) is 8.55. The van der Waals surface area contributed by atoms with Crippen LogP contribution in [0.4, 0.5) is 11.8 Å². The minimum absolute atomic E-state index is 0.612. The Morgan fingerprint density at radius 3 is 2.48 bits per heavy atom. The zero-order valence-corrected chi connectivity index (χ0v) is 25.1. The lowest BCUT2D eigenvalue weighted by molar-refractivity contribution is 0.312. The van der Waals surface area contributed by atoms with Gasteiger partial charge in [-0.25, -0.2) is 19.5 Å². The number of likely N-dealkylation sites (tertiary alicyclic amines) is 1. The van der Waals surface area contributed by atoms with Crippen LogP contribution in [0.5, 0.6) is 0 Å². The van der Waals surface area contributed by atoms with E-state index in [4.69, 9.17) is 9.97 Å². The average Bonchev–Trinajstić information content (AvgIpc) is 3.45. The Balaban J connectivity index is 1.15. The Labute approximate surface area is 248 Å². The van der Waals surface area contributed by atoms with Gasteiger partial charge in [0.1, 0.15) is 5.82 Å². The number of aryl methyl sites for hydroxylation is 1. The van der Waals surface area contributed by atoms with E-state index in [1.165, 1.54) is 19.3 Å². The maximum Gasteiger partial charge on any atom is 0.223 e. The molecule has 6 rings (SSSR count). The maximum absolute atomic E-state index is 4.81. The van der Waals surface area contributed by atoms with Crippen LogP contribution in [0.2, 0.25) is 0 Å². The summed E-state index contributed by atoms with van der Waals surface area (Å²) in [5, 5.41) is 7.98. The highest BCUT2D eigenvalue weighted by atomic mass is 15.3. The lowest BCUT2D eigenvalue weighted by atomic mass is 9.97. The van der Waals surface area contributed by atoms with Gasteiger partial charge in [-0.05, 0) is 75.1 Å². The molecule has 0 aromatic carbocycles. The van der Waals surface area contributed by atoms with Crippen molar-refractivity contribution in [2.24, 2.45) is 0 Å². The molecular weight excluding hydrogens is 522 g/mol. The molecule has 0 saturated carbocycles. The van der Waals surface area contributed by atoms with Gasteiger partial charge in [-0.15, -0.1) is 0 Å². The fourth-order valence-electron chi connectivity index (χ4n) is 5.92. The van der Waals surface area contributed by atoms with Crippen LogP contribution < -0.4 is 10.2 Å². The third-order valence-electron chi connectivity index (χ3n) is 8.53. The molecule has 2 aliphatic rings. The summed E-state index contributed by atoms with van der Waals surface area (Å²) in [6.07, 6.45) is 13.7. The van der Waals surface area contributed by atoms with Crippen molar-refractivity contribution in [2.45, 2.75) is 39.7 Å². The molecule has 218 valence electrons. The minimum atomic E-state index is 0.612. The van der Waals surface area contributed by atoms with Crippen LogP contribution in [0.15, 0.2) is 61.7 Å². The van der Waals surface area contributed by atoms with Crippen LogP contribution in [0.25, 0.3) is 16.8 Å². The predicted molar refractivity (Wildman–Crippen MR) is 170 cm³/mol. The number of nitrogens with zero attached hydrogens (tertiary/aromatic N) is 8. The highest BCUT2D eigenvalue weighted by Crippen LogP contribution is 2.30. The van der Waals surface area contributed by atoms with Gasteiger partial charge < -0.3 is 20.0 Å². The monoisotopic (exact) mass is 563 g/mol. The Kier molecular flexibility index (Phi) is 8.19. The molecule has 6 heterocycles. The molecule has 4 aromatic rings. The number of nitrogens with one attached hydrogen (secondary N) is 1.